The van der Waals surface area contributed by atoms with Crippen LogP contribution in [0.2, 0.25) is 0 Å². The predicted molar refractivity (Wildman–Crippen MR) is 81.1 cm³/mol. The smallest absolute Gasteiger partial charge is 0.264 e. The van der Waals surface area contributed by atoms with Gasteiger partial charge in [0.1, 0.15) is 10.7 Å². The first-order valence-corrected chi connectivity index (χ1v) is 7.21. The lowest BCUT2D eigenvalue weighted by molar-refractivity contribution is 0.678. The highest BCUT2D eigenvalue weighted by molar-refractivity contribution is 7.14. The Morgan fingerprint density at radius 1 is 1.14 bits per heavy atom. The van der Waals surface area contributed by atoms with Crippen molar-refractivity contribution in [3.8, 4) is 10.7 Å². The third-order valence-electron chi connectivity index (χ3n) is 3.01. The zero-order chi connectivity index (χ0) is 14.7. The van der Waals surface area contributed by atoms with Gasteiger partial charge in [0, 0.05) is 6.07 Å². The van der Waals surface area contributed by atoms with Gasteiger partial charge in [0.15, 0.2) is 5.01 Å². The molecule has 1 aromatic carbocycles. The molecule has 0 bridgehead atoms. The van der Waals surface area contributed by atoms with Crippen LogP contribution in [0.15, 0.2) is 47.3 Å². The molecule has 2 heterocycles. The Balaban J connectivity index is 1.93. The van der Waals surface area contributed by atoms with Gasteiger partial charge in [-0.3, -0.25) is 4.79 Å². The lowest BCUT2D eigenvalue weighted by Crippen LogP contribution is -2.17. The second-order valence-electron chi connectivity index (χ2n) is 4.38. The van der Waals surface area contributed by atoms with Gasteiger partial charge >= 0.3 is 0 Å². The fourth-order valence-corrected chi connectivity index (χ4v) is 2.95. The van der Waals surface area contributed by atoms with Crippen molar-refractivity contribution in [2.24, 2.45) is 0 Å². The average Bonchev–Trinajstić information content (AvgIpc) is 2.99. The Labute approximate surface area is 124 Å². The van der Waals surface area contributed by atoms with Crippen molar-refractivity contribution in [3.05, 3.63) is 63.4 Å². The monoisotopic (exact) mass is 299 g/mol. The molecule has 21 heavy (non-hydrogen) atoms. The second kappa shape index (κ2) is 5.94. The maximum Gasteiger partial charge on any atom is 0.264 e. The maximum atomic E-state index is 11.0. The summed E-state index contributed by atoms with van der Waals surface area (Å²) in [5.74, 6) is 0. The van der Waals surface area contributed by atoms with Gasteiger partial charge < -0.3 is 5.32 Å². The van der Waals surface area contributed by atoms with E-state index in [-0.39, 0.29) is 11.6 Å². The molecule has 0 radical (unpaired) electrons. The van der Waals surface area contributed by atoms with Gasteiger partial charge in [0.05, 0.1) is 6.04 Å². The van der Waals surface area contributed by atoms with Crippen LogP contribution in [0.1, 0.15) is 16.6 Å². The first kappa shape index (κ1) is 13.6. The summed E-state index contributed by atoms with van der Waals surface area (Å²) in [6.45, 7) is 0. The van der Waals surface area contributed by atoms with E-state index in [2.05, 4.69) is 25.7 Å². The van der Waals surface area contributed by atoms with Crippen LogP contribution in [-0.4, -0.2) is 27.4 Å². The fourth-order valence-electron chi connectivity index (χ4n) is 2.00. The summed E-state index contributed by atoms with van der Waals surface area (Å²) in [6, 6.07) is 13.1. The molecule has 0 aliphatic heterocycles. The number of H-pyrrole nitrogens is 1. The van der Waals surface area contributed by atoms with Crippen molar-refractivity contribution >= 4 is 11.3 Å². The lowest BCUT2D eigenvalue weighted by Gasteiger charge is -2.12. The summed E-state index contributed by atoms with van der Waals surface area (Å²) in [6.07, 6.45) is 0. The third kappa shape index (κ3) is 2.88. The van der Waals surface area contributed by atoms with Gasteiger partial charge in [0.25, 0.3) is 5.56 Å². The van der Waals surface area contributed by atoms with Crippen molar-refractivity contribution in [1.29, 1.82) is 0 Å². The number of hydrogen-bond donors (Lipinski definition) is 2. The van der Waals surface area contributed by atoms with Gasteiger partial charge in [0.2, 0.25) is 0 Å². The van der Waals surface area contributed by atoms with Crippen LogP contribution in [-0.2, 0) is 0 Å². The lowest BCUT2D eigenvalue weighted by atomic mass is 10.1. The van der Waals surface area contributed by atoms with Crippen LogP contribution < -0.4 is 10.9 Å². The van der Waals surface area contributed by atoms with Crippen LogP contribution >= 0.6 is 11.3 Å². The van der Waals surface area contributed by atoms with Crippen LogP contribution in [0.25, 0.3) is 10.7 Å². The second-order valence-corrected chi connectivity index (χ2v) is 5.39. The Morgan fingerprint density at radius 2 is 1.95 bits per heavy atom. The number of aromatic amines is 1. The molecule has 0 spiro atoms. The number of hydrogen-bond acceptors (Lipinski definition) is 6. The predicted octanol–water partition coefficient (Wildman–Crippen LogP) is 1.60. The average molecular weight is 299 g/mol. The number of aromatic nitrogens is 4. The molecule has 0 aliphatic rings. The zero-order valence-electron chi connectivity index (χ0n) is 11.3. The van der Waals surface area contributed by atoms with E-state index in [1.165, 1.54) is 17.4 Å². The van der Waals surface area contributed by atoms with E-state index in [4.69, 9.17) is 0 Å². The van der Waals surface area contributed by atoms with E-state index in [1.807, 2.05) is 37.4 Å². The number of benzene rings is 1. The third-order valence-corrected chi connectivity index (χ3v) is 4.02. The highest BCUT2D eigenvalue weighted by Gasteiger charge is 2.18. The minimum atomic E-state index is -0.235. The van der Waals surface area contributed by atoms with Crippen molar-refractivity contribution in [2.75, 3.05) is 7.05 Å². The molecule has 3 rings (SSSR count). The van der Waals surface area contributed by atoms with Gasteiger partial charge in [-0.25, -0.2) is 5.10 Å². The molecule has 0 saturated heterocycles. The number of nitrogens with one attached hydrogen (secondary N) is 2. The molecule has 0 saturated carbocycles. The molecule has 0 fully saturated rings. The SMILES string of the molecule is CNC(c1ccccc1)c1nnc(-c2ccc(=O)[nH]n2)s1. The zero-order valence-corrected chi connectivity index (χ0v) is 12.1. The molecule has 0 amide bonds. The summed E-state index contributed by atoms with van der Waals surface area (Å²) < 4.78 is 0. The molecule has 0 aliphatic carbocycles. The van der Waals surface area contributed by atoms with Gasteiger partial charge in [-0.2, -0.15) is 5.10 Å². The highest BCUT2D eigenvalue weighted by Crippen LogP contribution is 2.28. The number of nitrogens with zero attached hydrogens (tertiary/aromatic N) is 3. The molecule has 106 valence electrons. The van der Waals surface area contributed by atoms with E-state index < -0.39 is 0 Å². The van der Waals surface area contributed by atoms with Crippen molar-refractivity contribution < 1.29 is 0 Å². The van der Waals surface area contributed by atoms with E-state index >= 15 is 0 Å². The van der Waals surface area contributed by atoms with Gasteiger partial charge in [-0.15, -0.1) is 10.2 Å². The Bertz CT molecular complexity index is 763. The summed E-state index contributed by atoms with van der Waals surface area (Å²) in [7, 11) is 1.89. The molecule has 1 unspecified atom stereocenters. The van der Waals surface area contributed by atoms with E-state index in [0.717, 1.165) is 10.6 Å². The van der Waals surface area contributed by atoms with E-state index in [1.54, 1.807) is 6.07 Å². The van der Waals surface area contributed by atoms with Crippen LogP contribution in [0.4, 0.5) is 0 Å². The van der Waals surface area contributed by atoms with Crippen LogP contribution in [0, 0.1) is 0 Å². The quantitative estimate of drug-likeness (QED) is 0.764. The van der Waals surface area contributed by atoms with Crippen molar-refractivity contribution in [1.82, 2.24) is 25.7 Å². The summed E-state index contributed by atoms with van der Waals surface area (Å²) in [5.41, 5.74) is 1.50. The molecular formula is C14H13N5OS. The molecule has 1 atom stereocenters. The summed E-state index contributed by atoms with van der Waals surface area (Å²) >= 11 is 1.45. The first-order valence-electron chi connectivity index (χ1n) is 6.39. The molecular weight excluding hydrogens is 286 g/mol. The topological polar surface area (TPSA) is 83.6 Å². The standard InChI is InChI=1S/C14H13N5OS/c1-15-12(9-5-3-2-4-6-9)14-19-18-13(21-14)10-7-8-11(20)17-16-10/h2-8,12,15H,1H3,(H,17,20). The van der Waals surface area contributed by atoms with Crippen molar-refractivity contribution in [3.63, 3.8) is 0 Å². The van der Waals surface area contributed by atoms with Gasteiger partial charge in [-0.1, -0.05) is 41.7 Å². The Morgan fingerprint density at radius 3 is 2.62 bits per heavy atom. The largest absolute Gasteiger partial charge is 0.307 e. The number of rotatable bonds is 4. The summed E-state index contributed by atoms with van der Waals surface area (Å²) in [5, 5.41) is 19.5. The Hall–Kier alpha value is -2.38. The van der Waals surface area contributed by atoms with Crippen molar-refractivity contribution in [2.45, 2.75) is 6.04 Å². The van der Waals surface area contributed by atoms with Gasteiger partial charge in [-0.05, 0) is 18.7 Å². The first-order chi connectivity index (χ1) is 10.3. The highest BCUT2D eigenvalue weighted by atomic mass is 32.1. The minimum absolute atomic E-state index is 0.0137. The van der Waals surface area contributed by atoms with E-state index in [0.29, 0.717) is 10.7 Å². The maximum absolute atomic E-state index is 11.0. The Kier molecular flexibility index (Phi) is 3.85. The molecule has 6 nitrogen and oxygen atoms in total. The van der Waals surface area contributed by atoms with E-state index in [9.17, 15) is 4.79 Å². The normalized spacial score (nSPS) is 12.2. The minimum Gasteiger partial charge on any atom is -0.307 e. The molecule has 7 heteroatoms. The fraction of sp³-hybridized carbons (Fsp3) is 0.143. The summed E-state index contributed by atoms with van der Waals surface area (Å²) in [4.78, 5) is 11.0. The molecule has 3 aromatic rings. The molecule has 2 N–H and O–H groups in total. The molecule has 2 aromatic heterocycles. The van der Waals surface area contributed by atoms with Crippen LogP contribution in [0.5, 0.6) is 0 Å². The van der Waals surface area contributed by atoms with Crippen LogP contribution in [0.3, 0.4) is 0 Å².